The molecule has 0 spiro atoms. The normalized spacial score (nSPS) is 30.0. The Morgan fingerprint density at radius 1 is 1.58 bits per heavy atom. The molecule has 2 aromatic heterocycles. The highest BCUT2D eigenvalue weighted by atomic mass is 16.6. The van der Waals surface area contributed by atoms with Gasteiger partial charge in [-0.25, -0.2) is 14.3 Å². The van der Waals surface area contributed by atoms with Crippen LogP contribution in [0.4, 0.5) is 5.82 Å². The van der Waals surface area contributed by atoms with Gasteiger partial charge in [-0.2, -0.15) is 10.4 Å². The van der Waals surface area contributed by atoms with Crippen LogP contribution in [0.2, 0.25) is 0 Å². The molecule has 1 fully saturated rings. The molecule has 3 heterocycles. The first-order valence-electron chi connectivity index (χ1n) is 7.88. The Balaban J connectivity index is 1.77. The zero-order valence-corrected chi connectivity index (χ0v) is 13.4. The van der Waals surface area contributed by atoms with Crippen LogP contribution in [0.5, 0.6) is 0 Å². The molecule has 26 heavy (non-hydrogen) atoms. The Labute approximate surface area is 147 Å². The zero-order valence-electron chi connectivity index (χ0n) is 13.4. The molecule has 2 aromatic rings. The molecular weight excluding hydrogens is 342 g/mol. The highest BCUT2D eigenvalue weighted by Gasteiger charge is 2.59. The predicted molar refractivity (Wildman–Crippen MR) is 85.2 cm³/mol. The summed E-state index contributed by atoms with van der Waals surface area (Å²) >= 11 is 0. The maximum atomic E-state index is 11.9. The van der Waals surface area contributed by atoms with Gasteiger partial charge in [-0.1, -0.05) is 6.08 Å². The van der Waals surface area contributed by atoms with Gasteiger partial charge in [0.05, 0.1) is 12.3 Å². The molecule has 10 heteroatoms. The van der Waals surface area contributed by atoms with Gasteiger partial charge >= 0.3 is 5.97 Å². The van der Waals surface area contributed by atoms with Crippen molar-refractivity contribution in [3.05, 3.63) is 35.8 Å². The van der Waals surface area contributed by atoms with E-state index in [1.165, 1.54) is 16.9 Å². The second-order valence-corrected chi connectivity index (χ2v) is 6.10. The largest absolute Gasteiger partial charge is 0.453 e. The zero-order chi connectivity index (χ0) is 18.5. The fourth-order valence-corrected chi connectivity index (χ4v) is 3.10. The lowest BCUT2D eigenvalue weighted by atomic mass is 9.92. The minimum Gasteiger partial charge on any atom is -0.453 e. The van der Waals surface area contributed by atoms with Gasteiger partial charge in [-0.05, 0) is 18.6 Å². The highest BCUT2D eigenvalue weighted by molar-refractivity contribution is 5.93. The van der Waals surface area contributed by atoms with Crippen molar-refractivity contribution in [2.45, 2.75) is 30.3 Å². The maximum absolute atomic E-state index is 11.9. The molecular formula is C16H15N5O5. The summed E-state index contributed by atoms with van der Waals surface area (Å²) in [6.07, 6.45) is -0.414. The van der Waals surface area contributed by atoms with E-state index in [0.29, 0.717) is 17.5 Å². The van der Waals surface area contributed by atoms with Crippen LogP contribution in [0, 0.1) is 11.3 Å². The predicted octanol–water partition coefficient (Wildman–Crippen LogP) is -0.976. The fraction of sp³-hybridized carbons (Fsp3) is 0.375. The number of hydrogen-bond acceptors (Lipinski definition) is 9. The van der Waals surface area contributed by atoms with Gasteiger partial charge in [-0.15, -0.1) is 0 Å². The van der Waals surface area contributed by atoms with Gasteiger partial charge in [-0.3, -0.25) is 0 Å². The number of carbonyl (C=O) groups excluding carboxylic acids is 1. The van der Waals surface area contributed by atoms with Crippen LogP contribution in [-0.2, 0) is 19.9 Å². The standard InChI is InChI=1S/C16H15N5O5/c17-6-16(11-4-3-9-14(18)19-7-20-21(9)11)13(23)12(10(5-22)26-16)25-15(24)8-1-2-8/h1,3-4,7,10,12-13,22-23H,2,5H2,(H2,18,19,20)/t10-,12-,13-,16+/m1/s1. The van der Waals surface area contributed by atoms with Gasteiger partial charge < -0.3 is 25.4 Å². The number of ether oxygens (including phenoxy) is 2. The summed E-state index contributed by atoms with van der Waals surface area (Å²) in [5.74, 6) is -0.411. The lowest BCUT2D eigenvalue weighted by Gasteiger charge is -2.24. The number of hydrogen-bond donors (Lipinski definition) is 3. The lowest BCUT2D eigenvalue weighted by molar-refractivity contribution is -0.151. The number of allylic oxidation sites excluding steroid dienone is 1. The van der Waals surface area contributed by atoms with Crippen LogP contribution in [0.1, 0.15) is 12.1 Å². The molecule has 4 N–H and O–H groups in total. The summed E-state index contributed by atoms with van der Waals surface area (Å²) in [4.78, 5) is 15.8. The number of carbonyl (C=O) groups is 1. The van der Waals surface area contributed by atoms with Crippen molar-refractivity contribution in [3.8, 4) is 6.07 Å². The van der Waals surface area contributed by atoms with E-state index in [4.69, 9.17) is 15.2 Å². The van der Waals surface area contributed by atoms with Crippen molar-refractivity contribution < 1.29 is 24.5 Å². The Bertz CT molecular complexity index is 964. The maximum Gasteiger partial charge on any atom is 0.334 e. The van der Waals surface area contributed by atoms with Gasteiger partial charge in [0.2, 0.25) is 5.60 Å². The summed E-state index contributed by atoms with van der Waals surface area (Å²) in [6.45, 7) is -0.544. The van der Waals surface area contributed by atoms with Gasteiger partial charge in [0.15, 0.2) is 11.9 Å². The van der Waals surface area contributed by atoms with E-state index in [2.05, 4.69) is 10.1 Å². The number of rotatable bonds is 4. The van der Waals surface area contributed by atoms with Crippen molar-refractivity contribution >= 4 is 17.3 Å². The second kappa shape index (κ2) is 5.77. The third-order valence-corrected chi connectivity index (χ3v) is 4.55. The molecule has 0 amide bonds. The number of esters is 1. The Hall–Kier alpha value is -3.00. The molecule has 0 aromatic carbocycles. The van der Waals surface area contributed by atoms with E-state index in [1.807, 2.05) is 6.07 Å². The summed E-state index contributed by atoms with van der Waals surface area (Å²) in [5, 5.41) is 34.3. The monoisotopic (exact) mass is 357 g/mol. The molecule has 134 valence electrons. The number of anilines is 1. The summed E-state index contributed by atoms with van der Waals surface area (Å²) in [7, 11) is 0. The number of nitriles is 1. The van der Waals surface area contributed by atoms with Crippen LogP contribution in [-0.4, -0.2) is 55.7 Å². The Morgan fingerprint density at radius 3 is 3.00 bits per heavy atom. The van der Waals surface area contributed by atoms with Crippen molar-refractivity contribution in [3.63, 3.8) is 0 Å². The molecule has 2 aliphatic rings. The number of aliphatic hydroxyl groups excluding tert-OH is 2. The topological polar surface area (TPSA) is 156 Å². The number of aliphatic hydroxyl groups is 2. The smallest absolute Gasteiger partial charge is 0.334 e. The highest BCUT2D eigenvalue weighted by Crippen LogP contribution is 2.42. The first-order valence-corrected chi connectivity index (χ1v) is 7.88. The van der Waals surface area contributed by atoms with Crippen LogP contribution >= 0.6 is 0 Å². The first-order chi connectivity index (χ1) is 12.5. The molecule has 1 aliphatic carbocycles. The van der Waals surface area contributed by atoms with Crippen molar-refractivity contribution in [2.24, 2.45) is 0 Å². The third-order valence-electron chi connectivity index (χ3n) is 4.55. The van der Waals surface area contributed by atoms with E-state index < -0.39 is 36.5 Å². The minimum atomic E-state index is -1.90. The second-order valence-electron chi connectivity index (χ2n) is 6.10. The van der Waals surface area contributed by atoms with Crippen molar-refractivity contribution in [2.75, 3.05) is 12.3 Å². The Kier molecular flexibility index (Phi) is 3.66. The fourth-order valence-electron chi connectivity index (χ4n) is 3.10. The average molecular weight is 357 g/mol. The average Bonchev–Trinajstić information content (AvgIpc) is 3.35. The molecule has 0 bridgehead atoms. The quantitative estimate of drug-likeness (QED) is 0.585. The van der Waals surface area contributed by atoms with Crippen LogP contribution in [0.15, 0.2) is 30.1 Å². The molecule has 1 aliphatic heterocycles. The van der Waals surface area contributed by atoms with E-state index in [0.717, 1.165) is 0 Å². The molecule has 1 saturated heterocycles. The van der Waals surface area contributed by atoms with Crippen LogP contribution in [0.25, 0.3) is 5.52 Å². The molecule has 4 rings (SSSR count). The summed E-state index contributed by atoms with van der Waals surface area (Å²) < 4.78 is 12.3. The van der Waals surface area contributed by atoms with Gasteiger partial charge in [0, 0.05) is 5.57 Å². The van der Waals surface area contributed by atoms with Crippen LogP contribution in [0.3, 0.4) is 0 Å². The molecule has 0 unspecified atom stereocenters. The SMILES string of the molecule is N#C[C@@]1(c2ccc3c(N)ncnn23)O[C@H](CO)[C@@H](OC(=O)C2=CC2)[C@H]1O. The number of nitrogens with zero attached hydrogens (tertiary/aromatic N) is 4. The number of aromatic nitrogens is 3. The van der Waals surface area contributed by atoms with Gasteiger partial charge in [0.1, 0.15) is 30.1 Å². The molecule has 4 atom stereocenters. The first kappa shape index (κ1) is 16.5. The third kappa shape index (κ3) is 2.26. The molecule has 10 nitrogen and oxygen atoms in total. The molecule has 0 saturated carbocycles. The number of fused-ring (bicyclic) bond motifs is 1. The Morgan fingerprint density at radius 2 is 2.35 bits per heavy atom. The number of nitrogens with two attached hydrogens (primary N) is 1. The lowest BCUT2D eigenvalue weighted by Crippen LogP contribution is -2.43. The number of nitrogen functional groups attached to an aromatic ring is 1. The minimum absolute atomic E-state index is 0.189. The van der Waals surface area contributed by atoms with E-state index in [-0.39, 0.29) is 11.5 Å². The summed E-state index contributed by atoms with van der Waals surface area (Å²) in [5.41, 5.74) is 5.01. The summed E-state index contributed by atoms with van der Waals surface area (Å²) in [6, 6.07) is 5.05. The van der Waals surface area contributed by atoms with Crippen LogP contribution < -0.4 is 5.73 Å². The van der Waals surface area contributed by atoms with E-state index in [1.54, 1.807) is 12.1 Å². The van der Waals surface area contributed by atoms with Crippen molar-refractivity contribution in [1.82, 2.24) is 14.6 Å². The van der Waals surface area contributed by atoms with Crippen molar-refractivity contribution in [1.29, 1.82) is 5.26 Å². The van der Waals surface area contributed by atoms with E-state index >= 15 is 0 Å². The van der Waals surface area contributed by atoms with Gasteiger partial charge in [0.25, 0.3) is 0 Å². The molecule has 0 radical (unpaired) electrons. The van der Waals surface area contributed by atoms with E-state index in [9.17, 15) is 20.3 Å².